The Hall–Kier alpha value is -1.22. The van der Waals surface area contributed by atoms with Gasteiger partial charge in [-0.15, -0.1) is 0 Å². The summed E-state index contributed by atoms with van der Waals surface area (Å²) in [6.45, 7) is 7.75. The monoisotopic (exact) mass is 237 g/mol. The van der Waals surface area contributed by atoms with Gasteiger partial charge < -0.3 is 14.8 Å². The van der Waals surface area contributed by atoms with E-state index in [1.54, 1.807) is 0 Å². The number of nitrogens with one attached hydrogen (secondary N) is 1. The van der Waals surface area contributed by atoms with Crippen LogP contribution in [-0.2, 0) is 0 Å². The summed E-state index contributed by atoms with van der Waals surface area (Å²) in [4.78, 5) is 0. The summed E-state index contributed by atoms with van der Waals surface area (Å²) in [6, 6.07) is 7.82. The maximum Gasteiger partial charge on any atom is 0.119 e. The van der Waals surface area contributed by atoms with Crippen molar-refractivity contribution < 1.29 is 9.47 Å². The Morgan fingerprint density at radius 2 is 1.53 bits per heavy atom. The highest BCUT2D eigenvalue weighted by molar-refractivity contribution is 5.31. The lowest BCUT2D eigenvalue weighted by Crippen LogP contribution is -2.16. The van der Waals surface area contributed by atoms with Crippen LogP contribution in [0.3, 0.4) is 0 Å². The highest BCUT2D eigenvalue weighted by atomic mass is 16.5. The summed E-state index contributed by atoms with van der Waals surface area (Å²) < 4.78 is 11.1. The van der Waals surface area contributed by atoms with Gasteiger partial charge in [0.15, 0.2) is 0 Å². The number of hydrogen-bond donors (Lipinski definition) is 1. The molecule has 0 radical (unpaired) electrons. The van der Waals surface area contributed by atoms with E-state index in [0.717, 1.165) is 50.6 Å². The van der Waals surface area contributed by atoms with Crippen LogP contribution in [0.2, 0.25) is 0 Å². The lowest BCUT2D eigenvalue weighted by atomic mass is 10.3. The molecule has 96 valence electrons. The van der Waals surface area contributed by atoms with Gasteiger partial charge >= 0.3 is 0 Å². The first-order valence-electron chi connectivity index (χ1n) is 6.43. The molecule has 1 aromatic carbocycles. The Morgan fingerprint density at radius 1 is 0.941 bits per heavy atom. The second-order valence-electron chi connectivity index (χ2n) is 3.88. The standard InChI is InChI=1S/C14H23NO2/c1-3-11-16-13-6-8-14(9-7-13)17-12-5-10-15-4-2/h6-9,15H,3-5,10-12H2,1-2H3. The molecule has 1 N–H and O–H groups in total. The Morgan fingerprint density at radius 3 is 2.06 bits per heavy atom. The molecule has 0 saturated carbocycles. The Labute approximate surface area is 104 Å². The van der Waals surface area contributed by atoms with Gasteiger partial charge in [-0.1, -0.05) is 13.8 Å². The van der Waals surface area contributed by atoms with Crippen LogP contribution in [0.1, 0.15) is 26.7 Å². The first-order chi connectivity index (χ1) is 8.36. The average Bonchev–Trinajstić information content (AvgIpc) is 2.37. The van der Waals surface area contributed by atoms with E-state index in [0.29, 0.717) is 0 Å². The molecule has 0 aliphatic heterocycles. The first kappa shape index (κ1) is 13.8. The molecule has 0 aliphatic carbocycles. The summed E-state index contributed by atoms with van der Waals surface area (Å²) >= 11 is 0. The minimum absolute atomic E-state index is 0.752. The van der Waals surface area contributed by atoms with E-state index in [4.69, 9.17) is 9.47 Å². The molecule has 0 amide bonds. The van der Waals surface area contributed by atoms with Gasteiger partial charge in [0.05, 0.1) is 13.2 Å². The van der Waals surface area contributed by atoms with Crippen LogP contribution in [0, 0.1) is 0 Å². The molecule has 0 saturated heterocycles. The summed E-state index contributed by atoms with van der Waals surface area (Å²) in [6.07, 6.45) is 2.06. The summed E-state index contributed by atoms with van der Waals surface area (Å²) in [5.74, 6) is 1.82. The van der Waals surface area contributed by atoms with Gasteiger partial charge in [0.25, 0.3) is 0 Å². The Bertz CT molecular complexity index is 285. The lowest BCUT2D eigenvalue weighted by molar-refractivity contribution is 0.303. The van der Waals surface area contributed by atoms with Crippen molar-refractivity contribution in [3.05, 3.63) is 24.3 Å². The molecule has 0 aromatic heterocycles. The minimum Gasteiger partial charge on any atom is -0.494 e. The van der Waals surface area contributed by atoms with Gasteiger partial charge in [0.2, 0.25) is 0 Å². The van der Waals surface area contributed by atoms with Gasteiger partial charge in [0, 0.05) is 0 Å². The lowest BCUT2D eigenvalue weighted by Gasteiger charge is -2.08. The molecule has 0 unspecified atom stereocenters. The molecular weight excluding hydrogens is 214 g/mol. The van der Waals surface area contributed by atoms with Crippen LogP contribution in [-0.4, -0.2) is 26.3 Å². The molecule has 3 heteroatoms. The molecule has 0 atom stereocenters. The van der Waals surface area contributed by atoms with E-state index in [1.165, 1.54) is 0 Å². The fourth-order valence-electron chi connectivity index (χ4n) is 1.42. The summed E-state index contributed by atoms with van der Waals surface area (Å²) in [7, 11) is 0. The van der Waals surface area contributed by atoms with Crippen LogP contribution >= 0.6 is 0 Å². The quantitative estimate of drug-likeness (QED) is 0.670. The fourth-order valence-corrected chi connectivity index (χ4v) is 1.42. The zero-order valence-electron chi connectivity index (χ0n) is 10.9. The van der Waals surface area contributed by atoms with E-state index in [1.807, 2.05) is 24.3 Å². The Balaban J connectivity index is 2.20. The normalized spacial score (nSPS) is 10.2. The van der Waals surface area contributed by atoms with E-state index in [9.17, 15) is 0 Å². The van der Waals surface area contributed by atoms with E-state index in [-0.39, 0.29) is 0 Å². The summed E-state index contributed by atoms with van der Waals surface area (Å²) in [5.41, 5.74) is 0. The number of rotatable bonds is 9. The highest BCUT2D eigenvalue weighted by Gasteiger charge is 1.96. The fraction of sp³-hybridized carbons (Fsp3) is 0.571. The van der Waals surface area contributed by atoms with Crippen LogP contribution in [0.4, 0.5) is 0 Å². The molecule has 3 nitrogen and oxygen atoms in total. The van der Waals surface area contributed by atoms with Crippen LogP contribution in [0.5, 0.6) is 11.5 Å². The largest absolute Gasteiger partial charge is 0.494 e. The molecule has 0 heterocycles. The van der Waals surface area contributed by atoms with Crippen molar-refractivity contribution in [3.8, 4) is 11.5 Å². The molecular formula is C14H23NO2. The Kier molecular flexibility index (Phi) is 7.23. The van der Waals surface area contributed by atoms with Gasteiger partial charge in [0.1, 0.15) is 11.5 Å². The van der Waals surface area contributed by atoms with Gasteiger partial charge in [-0.3, -0.25) is 0 Å². The van der Waals surface area contributed by atoms with Gasteiger partial charge in [-0.2, -0.15) is 0 Å². The maximum absolute atomic E-state index is 5.62. The van der Waals surface area contributed by atoms with Crippen LogP contribution < -0.4 is 14.8 Å². The topological polar surface area (TPSA) is 30.5 Å². The first-order valence-corrected chi connectivity index (χ1v) is 6.43. The van der Waals surface area contributed by atoms with Crippen molar-refractivity contribution in [2.24, 2.45) is 0 Å². The molecule has 17 heavy (non-hydrogen) atoms. The van der Waals surface area contributed by atoms with Crippen LogP contribution in [0.15, 0.2) is 24.3 Å². The molecule has 1 aromatic rings. The average molecular weight is 237 g/mol. The molecule has 0 spiro atoms. The van der Waals surface area contributed by atoms with Crippen molar-refractivity contribution >= 4 is 0 Å². The van der Waals surface area contributed by atoms with Crippen molar-refractivity contribution in [2.45, 2.75) is 26.7 Å². The zero-order valence-corrected chi connectivity index (χ0v) is 10.9. The van der Waals surface area contributed by atoms with Crippen molar-refractivity contribution in [1.82, 2.24) is 5.32 Å². The van der Waals surface area contributed by atoms with Crippen molar-refractivity contribution in [1.29, 1.82) is 0 Å². The maximum atomic E-state index is 5.62. The van der Waals surface area contributed by atoms with Gasteiger partial charge in [-0.05, 0) is 50.2 Å². The second kappa shape index (κ2) is 8.88. The van der Waals surface area contributed by atoms with Crippen LogP contribution in [0.25, 0.3) is 0 Å². The van der Waals surface area contributed by atoms with E-state index in [2.05, 4.69) is 19.2 Å². The third kappa shape index (κ3) is 6.17. The van der Waals surface area contributed by atoms with Crippen molar-refractivity contribution in [2.75, 3.05) is 26.3 Å². The van der Waals surface area contributed by atoms with Crippen molar-refractivity contribution in [3.63, 3.8) is 0 Å². The molecule has 1 rings (SSSR count). The third-order valence-electron chi connectivity index (χ3n) is 2.31. The van der Waals surface area contributed by atoms with E-state index >= 15 is 0 Å². The molecule has 0 aliphatic rings. The SMILES string of the molecule is CCCOc1ccc(OCCCNCC)cc1. The predicted octanol–water partition coefficient (Wildman–Crippen LogP) is 2.85. The summed E-state index contributed by atoms with van der Waals surface area (Å²) in [5, 5.41) is 3.27. The molecule has 0 fully saturated rings. The third-order valence-corrected chi connectivity index (χ3v) is 2.31. The smallest absolute Gasteiger partial charge is 0.119 e. The second-order valence-corrected chi connectivity index (χ2v) is 3.88. The van der Waals surface area contributed by atoms with Gasteiger partial charge in [-0.25, -0.2) is 0 Å². The minimum atomic E-state index is 0.752. The highest BCUT2D eigenvalue weighted by Crippen LogP contribution is 2.17. The zero-order chi connectivity index (χ0) is 12.3. The number of ether oxygens (including phenoxy) is 2. The number of hydrogen-bond acceptors (Lipinski definition) is 3. The predicted molar refractivity (Wildman–Crippen MR) is 70.9 cm³/mol. The molecule has 0 bridgehead atoms. The van der Waals surface area contributed by atoms with E-state index < -0.39 is 0 Å². The number of benzene rings is 1.